The van der Waals surface area contributed by atoms with Crippen LogP contribution in [-0.4, -0.2) is 32.3 Å². The van der Waals surface area contributed by atoms with E-state index in [0.29, 0.717) is 24.7 Å². The number of carbonyl (C=O) groups is 1. The third kappa shape index (κ3) is 5.50. The molecule has 2 aromatic rings. The van der Waals surface area contributed by atoms with Crippen LogP contribution in [0.15, 0.2) is 48.5 Å². The minimum Gasteiger partial charge on any atom is -0.497 e. The van der Waals surface area contributed by atoms with Gasteiger partial charge in [0, 0.05) is 6.07 Å². The van der Waals surface area contributed by atoms with Crippen molar-refractivity contribution in [3.05, 3.63) is 54.1 Å². The number of aryl methyl sites for hydroxylation is 1. The highest BCUT2D eigenvalue weighted by Crippen LogP contribution is 2.18. The largest absolute Gasteiger partial charge is 0.497 e. The number of hydrogen-bond acceptors (Lipinski definition) is 4. The Morgan fingerprint density at radius 2 is 1.79 bits per heavy atom. The zero-order valence-corrected chi connectivity index (χ0v) is 14.2. The van der Waals surface area contributed by atoms with Crippen LogP contribution in [0.25, 0.3) is 0 Å². The van der Waals surface area contributed by atoms with Crippen molar-refractivity contribution < 1.29 is 19.0 Å². The minimum atomic E-state index is -0.565. The molecule has 0 radical (unpaired) electrons. The molecule has 0 heterocycles. The van der Waals surface area contributed by atoms with Gasteiger partial charge in [0.15, 0.2) is 6.10 Å². The molecule has 0 aliphatic rings. The summed E-state index contributed by atoms with van der Waals surface area (Å²) >= 11 is 0. The smallest absolute Gasteiger partial charge is 0.260 e. The highest BCUT2D eigenvalue weighted by molar-refractivity contribution is 5.80. The molecule has 0 unspecified atom stereocenters. The maximum atomic E-state index is 12.0. The zero-order chi connectivity index (χ0) is 17.4. The summed E-state index contributed by atoms with van der Waals surface area (Å²) in [6.07, 6.45) is -0.565. The molecule has 0 aromatic heterocycles. The number of rotatable bonds is 8. The van der Waals surface area contributed by atoms with Crippen molar-refractivity contribution in [2.75, 3.05) is 20.3 Å². The van der Waals surface area contributed by atoms with E-state index in [1.54, 1.807) is 20.1 Å². The Balaban J connectivity index is 1.71. The second-order valence-corrected chi connectivity index (χ2v) is 5.39. The molecular formula is C19H23NO4. The van der Waals surface area contributed by atoms with Crippen LogP contribution in [-0.2, 0) is 4.79 Å². The number of carbonyl (C=O) groups excluding carboxylic acids is 1. The molecule has 1 N–H and O–H groups in total. The highest BCUT2D eigenvalue weighted by Gasteiger charge is 2.13. The van der Waals surface area contributed by atoms with E-state index in [9.17, 15) is 4.79 Å². The molecular weight excluding hydrogens is 306 g/mol. The monoisotopic (exact) mass is 329 g/mol. The molecule has 128 valence electrons. The number of ether oxygens (including phenoxy) is 3. The average molecular weight is 329 g/mol. The summed E-state index contributed by atoms with van der Waals surface area (Å²) in [6.45, 7) is 4.49. The van der Waals surface area contributed by atoms with Gasteiger partial charge in [-0.2, -0.15) is 0 Å². The van der Waals surface area contributed by atoms with Crippen LogP contribution in [0.5, 0.6) is 17.2 Å². The SMILES string of the molecule is COc1cccc(OCCNC(=O)[C@H](C)Oc2ccc(C)cc2)c1. The number of methoxy groups -OCH3 is 1. The molecule has 0 saturated heterocycles. The van der Waals surface area contributed by atoms with Gasteiger partial charge in [-0.1, -0.05) is 23.8 Å². The lowest BCUT2D eigenvalue weighted by Gasteiger charge is -2.15. The van der Waals surface area contributed by atoms with Crippen molar-refractivity contribution in [3.63, 3.8) is 0 Å². The second kappa shape index (κ2) is 8.82. The number of hydrogen-bond donors (Lipinski definition) is 1. The minimum absolute atomic E-state index is 0.176. The van der Waals surface area contributed by atoms with Crippen molar-refractivity contribution in [2.45, 2.75) is 20.0 Å². The zero-order valence-electron chi connectivity index (χ0n) is 14.2. The van der Waals surface area contributed by atoms with Crippen molar-refractivity contribution in [2.24, 2.45) is 0 Å². The van der Waals surface area contributed by atoms with Gasteiger partial charge in [-0.15, -0.1) is 0 Å². The van der Waals surface area contributed by atoms with E-state index < -0.39 is 6.10 Å². The first-order valence-electron chi connectivity index (χ1n) is 7.86. The van der Waals surface area contributed by atoms with Crippen LogP contribution in [0.3, 0.4) is 0 Å². The van der Waals surface area contributed by atoms with Crippen LogP contribution < -0.4 is 19.5 Å². The Bertz CT molecular complexity index is 655. The summed E-state index contributed by atoms with van der Waals surface area (Å²) in [6, 6.07) is 14.9. The molecule has 2 aromatic carbocycles. The summed E-state index contributed by atoms with van der Waals surface area (Å²) < 4.78 is 16.3. The third-order valence-electron chi connectivity index (χ3n) is 3.41. The fourth-order valence-corrected chi connectivity index (χ4v) is 2.05. The van der Waals surface area contributed by atoms with Crippen LogP contribution in [0, 0.1) is 6.92 Å². The normalized spacial score (nSPS) is 11.5. The summed E-state index contributed by atoms with van der Waals surface area (Å²) in [4.78, 5) is 12.0. The quantitative estimate of drug-likeness (QED) is 0.757. The third-order valence-corrected chi connectivity index (χ3v) is 3.41. The molecule has 0 spiro atoms. The first-order chi connectivity index (χ1) is 11.6. The Morgan fingerprint density at radius 3 is 2.50 bits per heavy atom. The van der Waals surface area contributed by atoms with Crippen molar-refractivity contribution in [1.29, 1.82) is 0 Å². The van der Waals surface area contributed by atoms with Gasteiger partial charge >= 0.3 is 0 Å². The molecule has 5 heteroatoms. The topological polar surface area (TPSA) is 56.8 Å². The summed E-state index contributed by atoms with van der Waals surface area (Å²) in [5, 5.41) is 2.79. The fourth-order valence-electron chi connectivity index (χ4n) is 2.05. The van der Waals surface area contributed by atoms with Crippen LogP contribution >= 0.6 is 0 Å². The number of amides is 1. The maximum Gasteiger partial charge on any atom is 0.260 e. The van der Waals surface area contributed by atoms with Gasteiger partial charge in [-0.05, 0) is 38.1 Å². The Hall–Kier alpha value is -2.69. The van der Waals surface area contributed by atoms with Gasteiger partial charge in [-0.3, -0.25) is 4.79 Å². The Morgan fingerprint density at radius 1 is 1.08 bits per heavy atom. The van der Waals surface area contributed by atoms with Crippen molar-refractivity contribution >= 4 is 5.91 Å². The van der Waals surface area contributed by atoms with Crippen molar-refractivity contribution in [3.8, 4) is 17.2 Å². The van der Waals surface area contributed by atoms with E-state index in [-0.39, 0.29) is 5.91 Å². The molecule has 0 aliphatic heterocycles. The van der Waals surface area contributed by atoms with Gasteiger partial charge in [0.2, 0.25) is 0 Å². The molecule has 0 saturated carbocycles. The van der Waals surface area contributed by atoms with Gasteiger partial charge in [0.1, 0.15) is 23.9 Å². The standard InChI is InChI=1S/C19H23NO4/c1-14-7-9-16(10-8-14)24-15(2)19(21)20-11-12-23-18-6-4-5-17(13-18)22-3/h4-10,13,15H,11-12H2,1-3H3,(H,20,21)/t15-/m0/s1. The molecule has 0 aliphatic carbocycles. The van der Waals surface area contributed by atoms with E-state index in [1.165, 1.54) is 0 Å². The lowest BCUT2D eigenvalue weighted by molar-refractivity contribution is -0.127. The molecule has 0 fully saturated rings. The lowest BCUT2D eigenvalue weighted by Crippen LogP contribution is -2.38. The van der Waals surface area contributed by atoms with Crippen molar-refractivity contribution in [1.82, 2.24) is 5.32 Å². The molecule has 1 amide bonds. The number of nitrogens with one attached hydrogen (secondary N) is 1. The summed E-state index contributed by atoms with van der Waals surface area (Å²) in [5.74, 6) is 1.94. The first-order valence-corrected chi connectivity index (χ1v) is 7.86. The van der Waals surface area contributed by atoms with E-state index >= 15 is 0 Å². The first kappa shape index (κ1) is 17.7. The molecule has 1 atom stereocenters. The highest BCUT2D eigenvalue weighted by atomic mass is 16.5. The fraction of sp³-hybridized carbons (Fsp3) is 0.316. The van der Waals surface area contributed by atoms with E-state index in [0.717, 1.165) is 11.3 Å². The molecule has 0 bridgehead atoms. The number of benzene rings is 2. The predicted molar refractivity (Wildman–Crippen MR) is 92.8 cm³/mol. The predicted octanol–water partition coefficient (Wildman–Crippen LogP) is 2.97. The molecule has 5 nitrogen and oxygen atoms in total. The van der Waals surface area contributed by atoms with Gasteiger partial charge in [0.25, 0.3) is 5.91 Å². The maximum absolute atomic E-state index is 12.0. The molecule has 2 rings (SSSR count). The van der Waals surface area contributed by atoms with E-state index in [4.69, 9.17) is 14.2 Å². The van der Waals surface area contributed by atoms with E-state index in [2.05, 4.69) is 5.32 Å². The second-order valence-electron chi connectivity index (χ2n) is 5.39. The van der Waals surface area contributed by atoms with Crippen LogP contribution in [0.4, 0.5) is 0 Å². The summed E-state index contributed by atoms with van der Waals surface area (Å²) in [7, 11) is 1.61. The van der Waals surface area contributed by atoms with Gasteiger partial charge in [-0.25, -0.2) is 0 Å². The van der Waals surface area contributed by atoms with Gasteiger partial charge < -0.3 is 19.5 Å². The van der Waals surface area contributed by atoms with Crippen LogP contribution in [0.2, 0.25) is 0 Å². The van der Waals surface area contributed by atoms with Gasteiger partial charge in [0.05, 0.1) is 13.7 Å². The summed E-state index contributed by atoms with van der Waals surface area (Å²) in [5.41, 5.74) is 1.15. The van der Waals surface area contributed by atoms with E-state index in [1.807, 2.05) is 49.4 Å². The van der Waals surface area contributed by atoms with Crippen LogP contribution in [0.1, 0.15) is 12.5 Å². The average Bonchev–Trinajstić information content (AvgIpc) is 2.60. The Labute approximate surface area is 142 Å². The lowest BCUT2D eigenvalue weighted by atomic mass is 10.2. The Kier molecular flexibility index (Phi) is 6.49. The molecule has 24 heavy (non-hydrogen) atoms.